The number of carbonyl (C=O) groups excluding carboxylic acids is 1. The van der Waals surface area contributed by atoms with Crippen molar-refractivity contribution in [3.8, 4) is 0 Å². The summed E-state index contributed by atoms with van der Waals surface area (Å²) in [6.07, 6.45) is 9.83. The summed E-state index contributed by atoms with van der Waals surface area (Å²) in [5.74, 6) is 0.209. The molecular formula is C23H32N4O. The number of nitrogens with zero attached hydrogens (tertiary/aromatic N) is 3. The van der Waals surface area contributed by atoms with Gasteiger partial charge in [-0.1, -0.05) is 12.5 Å². The SMILES string of the molecule is O=C(c1cccc2[nH]cc(CN3CCN(C4CCC4)CC3)c12)N1CCCCC1. The number of hydrogen-bond acceptors (Lipinski definition) is 3. The first-order valence-corrected chi connectivity index (χ1v) is 11.1. The van der Waals surface area contributed by atoms with Crippen molar-refractivity contribution in [2.75, 3.05) is 39.3 Å². The van der Waals surface area contributed by atoms with Crippen molar-refractivity contribution in [3.05, 3.63) is 35.5 Å². The Kier molecular flexibility index (Phi) is 5.12. The van der Waals surface area contributed by atoms with Gasteiger partial charge in [0.1, 0.15) is 0 Å². The van der Waals surface area contributed by atoms with E-state index in [2.05, 4.69) is 27.0 Å². The number of piperidine rings is 1. The fourth-order valence-corrected chi connectivity index (χ4v) is 5.11. The normalized spacial score (nSPS) is 22.5. The number of nitrogens with one attached hydrogen (secondary N) is 1. The second-order valence-corrected chi connectivity index (χ2v) is 8.79. The number of H-pyrrole nitrogens is 1. The molecule has 0 bridgehead atoms. The number of amides is 1. The summed E-state index contributed by atoms with van der Waals surface area (Å²) in [6, 6.07) is 6.98. The minimum absolute atomic E-state index is 0.209. The molecule has 1 N–H and O–H groups in total. The molecule has 5 rings (SSSR count). The van der Waals surface area contributed by atoms with Gasteiger partial charge in [-0.3, -0.25) is 14.6 Å². The Balaban J connectivity index is 1.33. The molecule has 0 radical (unpaired) electrons. The summed E-state index contributed by atoms with van der Waals surface area (Å²) in [5.41, 5.74) is 3.24. The van der Waals surface area contributed by atoms with E-state index in [9.17, 15) is 4.79 Å². The molecule has 28 heavy (non-hydrogen) atoms. The molecule has 1 amide bonds. The molecule has 3 heterocycles. The minimum atomic E-state index is 0.209. The first-order valence-electron chi connectivity index (χ1n) is 11.1. The highest BCUT2D eigenvalue weighted by Gasteiger charge is 2.28. The van der Waals surface area contributed by atoms with Gasteiger partial charge in [0, 0.05) is 74.5 Å². The zero-order valence-electron chi connectivity index (χ0n) is 16.8. The maximum Gasteiger partial charge on any atom is 0.254 e. The van der Waals surface area contributed by atoms with Crippen LogP contribution in [0.25, 0.3) is 10.9 Å². The van der Waals surface area contributed by atoms with Crippen molar-refractivity contribution in [3.63, 3.8) is 0 Å². The molecule has 1 aliphatic carbocycles. The molecule has 2 saturated heterocycles. The molecule has 1 saturated carbocycles. The van der Waals surface area contributed by atoms with Crippen molar-refractivity contribution < 1.29 is 4.79 Å². The highest BCUT2D eigenvalue weighted by atomic mass is 16.2. The van der Waals surface area contributed by atoms with Gasteiger partial charge in [-0.15, -0.1) is 0 Å². The van der Waals surface area contributed by atoms with Crippen molar-refractivity contribution in [1.29, 1.82) is 0 Å². The molecule has 5 heteroatoms. The number of rotatable bonds is 4. The average Bonchev–Trinajstić information content (AvgIpc) is 3.11. The minimum Gasteiger partial charge on any atom is -0.361 e. The summed E-state index contributed by atoms with van der Waals surface area (Å²) in [5, 5.41) is 1.14. The number of aromatic amines is 1. The van der Waals surface area contributed by atoms with Gasteiger partial charge >= 0.3 is 0 Å². The third kappa shape index (κ3) is 3.46. The Morgan fingerprint density at radius 3 is 2.46 bits per heavy atom. The first-order chi connectivity index (χ1) is 13.8. The highest BCUT2D eigenvalue weighted by molar-refractivity contribution is 6.07. The predicted molar refractivity (Wildman–Crippen MR) is 113 cm³/mol. The quantitative estimate of drug-likeness (QED) is 0.883. The summed E-state index contributed by atoms with van der Waals surface area (Å²) in [4.78, 5) is 23.9. The van der Waals surface area contributed by atoms with Gasteiger partial charge in [-0.05, 0) is 49.8 Å². The lowest BCUT2D eigenvalue weighted by molar-refractivity contribution is 0.0589. The molecule has 2 aliphatic heterocycles. The Hall–Kier alpha value is -1.85. The molecular weight excluding hydrogens is 348 g/mol. The van der Waals surface area contributed by atoms with Gasteiger partial charge in [0.2, 0.25) is 0 Å². The predicted octanol–water partition coefficient (Wildman–Crippen LogP) is 3.46. The highest BCUT2D eigenvalue weighted by Crippen LogP contribution is 2.28. The van der Waals surface area contributed by atoms with Gasteiger partial charge in [-0.25, -0.2) is 0 Å². The van der Waals surface area contributed by atoms with E-state index in [1.807, 2.05) is 17.0 Å². The Morgan fingerprint density at radius 2 is 1.75 bits per heavy atom. The van der Waals surface area contributed by atoms with Crippen molar-refractivity contribution >= 4 is 16.8 Å². The van der Waals surface area contributed by atoms with Gasteiger partial charge in [-0.2, -0.15) is 0 Å². The fourth-order valence-electron chi connectivity index (χ4n) is 5.11. The first kappa shape index (κ1) is 18.2. The molecule has 5 nitrogen and oxygen atoms in total. The molecule has 1 aromatic carbocycles. The van der Waals surface area contributed by atoms with E-state index in [-0.39, 0.29) is 5.91 Å². The van der Waals surface area contributed by atoms with Crippen LogP contribution in [0.3, 0.4) is 0 Å². The molecule has 2 aromatic rings. The second kappa shape index (κ2) is 7.88. The van der Waals surface area contributed by atoms with Gasteiger partial charge < -0.3 is 9.88 Å². The molecule has 0 spiro atoms. The summed E-state index contributed by atoms with van der Waals surface area (Å²) in [6.45, 7) is 7.37. The van der Waals surface area contributed by atoms with E-state index >= 15 is 0 Å². The number of hydrogen-bond donors (Lipinski definition) is 1. The van der Waals surface area contributed by atoms with Crippen molar-refractivity contribution in [1.82, 2.24) is 19.7 Å². The van der Waals surface area contributed by atoms with E-state index in [0.717, 1.165) is 68.1 Å². The second-order valence-electron chi connectivity index (χ2n) is 8.79. The van der Waals surface area contributed by atoms with Crippen LogP contribution in [0.5, 0.6) is 0 Å². The monoisotopic (exact) mass is 380 g/mol. The van der Waals surface area contributed by atoms with Crippen molar-refractivity contribution in [2.24, 2.45) is 0 Å². The van der Waals surface area contributed by atoms with Crippen LogP contribution in [-0.4, -0.2) is 70.9 Å². The van der Waals surface area contributed by atoms with Gasteiger partial charge in [0.15, 0.2) is 0 Å². The Labute approximate surface area is 167 Å². The number of piperazine rings is 1. The topological polar surface area (TPSA) is 42.6 Å². The van der Waals surface area contributed by atoms with Crippen LogP contribution < -0.4 is 0 Å². The Morgan fingerprint density at radius 1 is 0.964 bits per heavy atom. The van der Waals surface area contributed by atoms with Crippen LogP contribution in [0.4, 0.5) is 0 Å². The zero-order chi connectivity index (χ0) is 18.9. The van der Waals surface area contributed by atoms with Crippen LogP contribution >= 0.6 is 0 Å². The lowest BCUT2D eigenvalue weighted by atomic mass is 9.91. The number of likely N-dealkylation sites (tertiary alicyclic amines) is 1. The molecule has 0 atom stereocenters. The molecule has 150 valence electrons. The van der Waals surface area contributed by atoms with Gasteiger partial charge in [0.05, 0.1) is 0 Å². The largest absolute Gasteiger partial charge is 0.361 e. The summed E-state index contributed by atoms with van der Waals surface area (Å²) in [7, 11) is 0. The Bertz CT molecular complexity index is 826. The van der Waals surface area contributed by atoms with Crippen LogP contribution in [0.1, 0.15) is 54.4 Å². The van der Waals surface area contributed by atoms with E-state index < -0.39 is 0 Å². The van der Waals surface area contributed by atoms with E-state index in [1.54, 1.807) is 0 Å². The molecule has 3 aliphatic rings. The van der Waals surface area contributed by atoms with Crippen LogP contribution in [0.2, 0.25) is 0 Å². The molecule has 3 fully saturated rings. The van der Waals surface area contributed by atoms with Gasteiger partial charge in [0.25, 0.3) is 5.91 Å². The van der Waals surface area contributed by atoms with Crippen LogP contribution in [-0.2, 0) is 6.54 Å². The number of aromatic nitrogens is 1. The third-order valence-corrected chi connectivity index (χ3v) is 7.05. The number of carbonyl (C=O) groups is 1. The van der Waals surface area contributed by atoms with E-state index in [4.69, 9.17) is 0 Å². The van der Waals surface area contributed by atoms with E-state index in [1.165, 1.54) is 44.3 Å². The van der Waals surface area contributed by atoms with Crippen LogP contribution in [0.15, 0.2) is 24.4 Å². The zero-order valence-corrected chi connectivity index (χ0v) is 16.8. The molecule has 1 aromatic heterocycles. The lowest BCUT2D eigenvalue weighted by Gasteiger charge is -2.43. The maximum absolute atomic E-state index is 13.2. The summed E-state index contributed by atoms with van der Waals surface area (Å²) >= 11 is 0. The van der Waals surface area contributed by atoms with Crippen molar-refractivity contribution in [2.45, 2.75) is 51.1 Å². The smallest absolute Gasteiger partial charge is 0.254 e. The number of benzene rings is 1. The average molecular weight is 381 g/mol. The molecule has 0 unspecified atom stereocenters. The van der Waals surface area contributed by atoms with E-state index in [0.29, 0.717) is 0 Å². The summed E-state index contributed by atoms with van der Waals surface area (Å²) < 4.78 is 0. The third-order valence-electron chi connectivity index (χ3n) is 7.05. The lowest BCUT2D eigenvalue weighted by Crippen LogP contribution is -2.51. The number of fused-ring (bicyclic) bond motifs is 1. The van der Waals surface area contributed by atoms with Crippen LogP contribution in [0, 0.1) is 0 Å². The standard InChI is InChI=1S/C23H32N4O/c28-23(27-10-2-1-3-11-27)20-8-5-9-21-22(20)18(16-24-21)17-25-12-14-26(15-13-25)19-6-4-7-19/h5,8-9,16,19,24H,1-4,6-7,10-15,17H2. The maximum atomic E-state index is 13.2. The fraction of sp³-hybridized carbons (Fsp3) is 0.609.